The maximum Gasteiger partial charge on any atom is 0.160 e. The van der Waals surface area contributed by atoms with Crippen molar-refractivity contribution in [1.82, 2.24) is 9.97 Å². The van der Waals surface area contributed by atoms with Crippen molar-refractivity contribution in [3.63, 3.8) is 0 Å². The van der Waals surface area contributed by atoms with Crippen LogP contribution in [0.1, 0.15) is 0 Å². The van der Waals surface area contributed by atoms with E-state index in [4.69, 9.17) is 14.4 Å². The SMILES string of the molecule is c1ccc(-c2cc(-c3ccc(-c4ccc5oc6ccccc6c5c4)c(-c4ccccc4)c3)nc(-c3ccccc3)n2)cc1. The molecule has 0 spiro atoms. The lowest BCUT2D eigenvalue weighted by atomic mass is 9.91. The number of hydrogen-bond donors (Lipinski definition) is 0. The fraction of sp³-hybridized carbons (Fsp3) is 0. The van der Waals surface area contributed by atoms with Gasteiger partial charge in [-0.2, -0.15) is 0 Å². The molecule has 0 saturated heterocycles. The van der Waals surface area contributed by atoms with Crippen LogP contribution in [0.15, 0.2) is 162 Å². The summed E-state index contributed by atoms with van der Waals surface area (Å²) < 4.78 is 6.12. The van der Waals surface area contributed by atoms with E-state index in [-0.39, 0.29) is 0 Å². The van der Waals surface area contributed by atoms with Gasteiger partial charge in [-0.25, -0.2) is 9.97 Å². The maximum absolute atomic E-state index is 6.12. The third-order valence-electron chi connectivity index (χ3n) is 7.92. The monoisotopic (exact) mass is 550 g/mol. The van der Waals surface area contributed by atoms with Crippen molar-refractivity contribution >= 4 is 21.9 Å². The highest BCUT2D eigenvalue weighted by atomic mass is 16.3. The Morgan fingerprint density at radius 2 is 0.930 bits per heavy atom. The molecule has 0 N–H and O–H groups in total. The smallest absolute Gasteiger partial charge is 0.160 e. The molecule has 8 rings (SSSR count). The molecule has 0 radical (unpaired) electrons. The van der Waals surface area contributed by atoms with Crippen LogP contribution in [0, 0.1) is 0 Å². The molecule has 3 nitrogen and oxygen atoms in total. The standard InChI is InChI=1S/C40H26N2O/c1-4-12-27(13-5-1)34-25-31(20-22-32(34)30-21-23-39-35(24-30)33-18-10-11-19-38(33)43-39)37-26-36(28-14-6-2-7-15-28)41-40(42-37)29-16-8-3-9-17-29/h1-26H. The highest BCUT2D eigenvalue weighted by Gasteiger charge is 2.15. The largest absolute Gasteiger partial charge is 0.456 e. The van der Waals surface area contributed by atoms with Crippen LogP contribution in [-0.4, -0.2) is 9.97 Å². The molecule has 0 aliphatic carbocycles. The molecule has 0 saturated carbocycles. The van der Waals surface area contributed by atoms with Crippen LogP contribution in [0.2, 0.25) is 0 Å². The lowest BCUT2D eigenvalue weighted by Gasteiger charge is -2.14. The fourth-order valence-corrected chi connectivity index (χ4v) is 5.77. The Labute approximate surface area is 249 Å². The molecule has 0 aliphatic heterocycles. The Kier molecular flexibility index (Phi) is 6.12. The Bertz CT molecular complexity index is 2160. The molecule has 0 unspecified atom stereocenters. The van der Waals surface area contributed by atoms with Crippen molar-refractivity contribution < 1.29 is 4.42 Å². The molecule has 0 aliphatic rings. The first-order valence-electron chi connectivity index (χ1n) is 14.4. The molecule has 2 aromatic heterocycles. The van der Waals surface area contributed by atoms with E-state index in [1.54, 1.807) is 0 Å². The predicted octanol–water partition coefficient (Wildman–Crippen LogP) is 10.7. The Balaban J connectivity index is 1.32. The number of furan rings is 1. The van der Waals surface area contributed by atoms with Gasteiger partial charge in [0, 0.05) is 27.5 Å². The molecule has 43 heavy (non-hydrogen) atoms. The Morgan fingerprint density at radius 1 is 0.349 bits per heavy atom. The number of hydrogen-bond acceptors (Lipinski definition) is 3. The molecule has 0 atom stereocenters. The van der Waals surface area contributed by atoms with E-state index in [1.807, 2.05) is 48.5 Å². The maximum atomic E-state index is 6.12. The molecular formula is C40H26N2O. The van der Waals surface area contributed by atoms with Crippen LogP contribution in [-0.2, 0) is 0 Å². The number of fused-ring (bicyclic) bond motifs is 3. The number of rotatable bonds is 5. The Morgan fingerprint density at radius 3 is 1.67 bits per heavy atom. The van der Waals surface area contributed by atoms with E-state index in [2.05, 4.69) is 109 Å². The first-order chi connectivity index (χ1) is 21.3. The number of benzene rings is 6. The van der Waals surface area contributed by atoms with Crippen LogP contribution >= 0.6 is 0 Å². The molecule has 8 aromatic rings. The summed E-state index contributed by atoms with van der Waals surface area (Å²) in [6.45, 7) is 0. The van der Waals surface area contributed by atoms with Crippen LogP contribution in [0.25, 0.3) is 78.1 Å². The van der Waals surface area contributed by atoms with Crippen LogP contribution in [0.5, 0.6) is 0 Å². The van der Waals surface area contributed by atoms with Gasteiger partial charge in [0.15, 0.2) is 5.82 Å². The number of nitrogens with zero attached hydrogens (tertiary/aromatic N) is 2. The van der Waals surface area contributed by atoms with E-state index in [0.717, 1.165) is 72.3 Å². The predicted molar refractivity (Wildman–Crippen MR) is 176 cm³/mol. The topological polar surface area (TPSA) is 38.9 Å². The van der Waals surface area contributed by atoms with Gasteiger partial charge in [-0.1, -0.05) is 127 Å². The van der Waals surface area contributed by atoms with Gasteiger partial charge < -0.3 is 4.42 Å². The van der Waals surface area contributed by atoms with E-state index < -0.39 is 0 Å². The zero-order chi connectivity index (χ0) is 28.6. The van der Waals surface area contributed by atoms with Gasteiger partial charge in [-0.3, -0.25) is 0 Å². The minimum atomic E-state index is 0.708. The van der Waals surface area contributed by atoms with E-state index in [1.165, 1.54) is 0 Å². The fourth-order valence-electron chi connectivity index (χ4n) is 5.77. The lowest BCUT2D eigenvalue weighted by molar-refractivity contribution is 0.669. The second kappa shape index (κ2) is 10.6. The summed E-state index contributed by atoms with van der Waals surface area (Å²) in [5.74, 6) is 0.708. The van der Waals surface area contributed by atoms with Crippen LogP contribution in [0.4, 0.5) is 0 Å². The van der Waals surface area contributed by atoms with Gasteiger partial charge in [0.05, 0.1) is 11.4 Å². The summed E-state index contributed by atoms with van der Waals surface area (Å²) in [7, 11) is 0. The highest BCUT2D eigenvalue weighted by molar-refractivity contribution is 6.06. The van der Waals surface area contributed by atoms with Gasteiger partial charge in [0.25, 0.3) is 0 Å². The van der Waals surface area contributed by atoms with Crippen molar-refractivity contribution in [1.29, 1.82) is 0 Å². The third kappa shape index (κ3) is 4.67. The number of aromatic nitrogens is 2. The number of para-hydroxylation sites is 1. The van der Waals surface area contributed by atoms with Gasteiger partial charge >= 0.3 is 0 Å². The second-order valence-electron chi connectivity index (χ2n) is 10.6. The summed E-state index contributed by atoms with van der Waals surface area (Å²) in [5.41, 5.74) is 11.2. The van der Waals surface area contributed by atoms with E-state index in [0.29, 0.717) is 5.82 Å². The summed E-state index contributed by atoms with van der Waals surface area (Å²) >= 11 is 0. The van der Waals surface area contributed by atoms with Gasteiger partial charge in [-0.15, -0.1) is 0 Å². The first kappa shape index (κ1) is 25.0. The third-order valence-corrected chi connectivity index (χ3v) is 7.92. The van der Waals surface area contributed by atoms with Gasteiger partial charge in [0.2, 0.25) is 0 Å². The highest BCUT2D eigenvalue weighted by Crippen LogP contribution is 2.39. The van der Waals surface area contributed by atoms with Crippen molar-refractivity contribution in [3.05, 3.63) is 158 Å². The normalized spacial score (nSPS) is 11.3. The van der Waals surface area contributed by atoms with Crippen molar-refractivity contribution in [2.24, 2.45) is 0 Å². The molecule has 0 amide bonds. The first-order valence-corrected chi connectivity index (χ1v) is 14.4. The summed E-state index contributed by atoms with van der Waals surface area (Å²) in [5, 5.41) is 2.24. The molecule has 202 valence electrons. The molecule has 2 heterocycles. The molecule has 0 bridgehead atoms. The minimum absolute atomic E-state index is 0.708. The Hall–Kier alpha value is -5.80. The average Bonchev–Trinajstić information content (AvgIpc) is 3.47. The zero-order valence-electron chi connectivity index (χ0n) is 23.3. The summed E-state index contributed by atoms with van der Waals surface area (Å²) in [6.07, 6.45) is 0. The summed E-state index contributed by atoms with van der Waals surface area (Å²) in [4.78, 5) is 10.1. The molecule has 3 heteroatoms. The quantitative estimate of drug-likeness (QED) is 0.214. The second-order valence-corrected chi connectivity index (χ2v) is 10.6. The van der Waals surface area contributed by atoms with Gasteiger partial charge in [-0.05, 0) is 52.6 Å². The van der Waals surface area contributed by atoms with Crippen molar-refractivity contribution in [2.45, 2.75) is 0 Å². The van der Waals surface area contributed by atoms with Crippen molar-refractivity contribution in [2.75, 3.05) is 0 Å². The van der Waals surface area contributed by atoms with Crippen LogP contribution < -0.4 is 0 Å². The van der Waals surface area contributed by atoms with Crippen LogP contribution in [0.3, 0.4) is 0 Å². The van der Waals surface area contributed by atoms with E-state index in [9.17, 15) is 0 Å². The minimum Gasteiger partial charge on any atom is -0.456 e. The lowest BCUT2D eigenvalue weighted by Crippen LogP contribution is -1.96. The van der Waals surface area contributed by atoms with Gasteiger partial charge in [0.1, 0.15) is 11.2 Å². The average molecular weight is 551 g/mol. The molecular weight excluding hydrogens is 524 g/mol. The molecule has 6 aromatic carbocycles. The zero-order valence-corrected chi connectivity index (χ0v) is 23.3. The van der Waals surface area contributed by atoms with Crippen molar-refractivity contribution in [3.8, 4) is 56.2 Å². The summed E-state index contributed by atoms with van der Waals surface area (Å²) in [6, 6.07) is 54.5. The molecule has 0 fully saturated rings. The van der Waals surface area contributed by atoms with E-state index >= 15 is 0 Å².